The second kappa shape index (κ2) is 73.6. The predicted molar refractivity (Wildman–Crippen MR) is 414 cm³/mol. The molecule has 0 aliphatic carbocycles. The highest BCUT2D eigenvalue weighted by molar-refractivity contribution is 7.47. The van der Waals surface area contributed by atoms with Crippen LogP contribution < -0.4 is 0 Å². The molecule has 0 saturated carbocycles. The molecule has 0 rings (SSSR count). The van der Waals surface area contributed by atoms with E-state index in [1.54, 1.807) is 0 Å². The minimum atomic E-state index is -4.96. The van der Waals surface area contributed by atoms with Crippen LogP contribution in [0.25, 0.3) is 0 Å². The maximum atomic E-state index is 13.1. The van der Waals surface area contributed by atoms with Gasteiger partial charge in [-0.1, -0.05) is 382 Å². The second-order valence-corrected chi connectivity index (χ2v) is 33.4. The molecule has 0 fully saturated rings. The third-order valence-corrected chi connectivity index (χ3v) is 21.1. The van der Waals surface area contributed by atoms with Gasteiger partial charge in [-0.2, -0.15) is 0 Å². The van der Waals surface area contributed by atoms with Crippen LogP contribution in [0.5, 0.6) is 0 Å². The third kappa shape index (κ3) is 76.1. The van der Waals surface area contributed by atoms with Gasteiger partial charge >= 0.3 is 39.5 Å². The standard InChI is InChI=1S/C82H160O17P2/c1-7-9-11-13-15-17-19-21-23-25-26-27-29-31-33-37-41-47-54-60-66-81(86)98-77(70-92-79(84)64-58-52-46-40-36-32-30-28-24-22-20-18-16-14-12-10-8-2)72-96-100(88,89)94-68-76(83)69-95-101(90,91)97-73-78(71-93-80(85)65-59-53-49-43-45-51-57-63-75(5)6)99-82(87)67-61-55-48-42-38-34-35-39-44-50-56-62-74(3)4/h74-78,83H,7-73H2,1-6H3,(H,88,89)(H,90,91)/t76-,77-,78-/m1/s1. The SMILES string of the molecule is CCCCCCCCCCCCCCCCCCCCCCC(=O)O[C@H](COC(=O)CCCCCCCCCCCCCCCCCCC)COP(=O)(O)OC[C@@H](O)COP(=O)(O)OC[C@@H](COC(=O)CCCCCCCCCC(C)C)OC(=O)CCCCCCCCCCCCCC(C)C. The van der Waals surface area contributed by atoms with E-state index in [2.05, 4.69) is 41.5 Å². The molecule has 0 aromatic rings. The molecule has 0 spiro atoms. The number of aliphatic hydroxyl groups excluding tert-OH is 1. The van der Waals surface area contributed by atoms with Crippen molar-refractivity contribution in [3.05, 3.63) is 0 Å². The van der Waals surface area contributed by atoms with Gasteiger partial charge in [-0.3, -0.25) is 37.3 Å². The van der Waals surface area contributed by atoms with Gasteiger partial charge in [0.1, 0.15) is 19.3 Å². The fourth-order valence-electron chi connectivity index (χ4n) is 12.7. The van der Waals surface area contributed by atoms with Crippen molar-refractivity contribution in [1.82, 2.24) is 0 Å². The molecule has 19 heteroatoms. The maximum absolute atomic E-state index is 13.1. The van der Waals surface area contributed by atoms with E-state index in [0.29, 0.717) is 31.6 Å². The summed E-state index contributed by atoms with van der Waals surface area (Å²) in [6, 6.07) is 0. The van der Waals surface area contributed by atoms with E-state index in [0.717, 1.165) is 102 Å². The van der Waals surface area contributed by atoms with E-state index in [4.69, 9.17) is 37.0 Å². The van der Waals surface area contributed by atoms with Crippen LogP contribution in [0.1, 0.15) is 433 Å². The molecule has 0 aromatic heterocycles. The summed E-state index contributed by atoms with van der Waals surface area (Å²) in [5.41, 5.74) is 0. The van der Waals surface area contributed by atoms with Crippen molar-refractivity contribution in [2.24, 2.45) is 11.8 Å². The first-order valence-corrected chi connectivity index (χ1v) is 45.5. The molecule has 3 N–H and O–H groups in total. The molecular formula is C82H160O17P2. The molecule has 0 bridgehead atoms. The lowest BCUT2D eigenvalue weighted by atomic mass is 10.0. The molecule has 2 unspecified atom stereocenters. The van der Waals surface area contributed by atoms with Crippen LogP contribution in [-0.4, -0.2) is 96.7 Å². The van der Waals surface area contributed by atoms with Gasteiger partial charge in [0.05, 0.1) is 26.4 Å². The van der Waals surface area contributed by atoms with Crippen LogP contribution in [0.4, 0.5) is 0 Å². The van der Waals surface area contributed by atoms with Crippen molar-refractivity contribution in [3.8, 4) is 0 Å². The van der Waals surface area contributed by atoms with Crippen LogP contribution in [0, 0.1) is 11.8 Å². The van der Waals surface area contributed by atoms with Crippen molar-refractivity contribution < 1.29 is 80.2 Å². The van der Waals surface area contributed by atoms with Crippen LogP contribution >= 0.6 is 15.6 Å². The molecule has 0 aliphatic heterocycles. The van der Waals surface area contributed by atoms with Crippen molar-refractivity contribution in [2.75, 3.05) is 39.6 Å². The summed E-state index contributed by atoms with van der Waals surface area (Å²) in [5, 5.41) is 10.6. The summed E-state index contributed by atoms with van der Waals surface area (Å²) in [6.07, 6.45) is 64.0. The number of ether oxygens (including phenoxy) is 4. The highest BCUT2D eigenvalue weighted by atomic mass is 31.2. The average molecular weight is 1480 g/mol. The number of carbonyl (C=O) groups is 4. The smallest absolute Gasteiger partial charge is 0.462 e. The quantitative estimate of drug-likeness (QED) is 0.0222. The Balaban J connectivity index is 5.23. The lowest BCUT2D eigenvalue weighted by Crippen LogP contribution is -2.30. The van der Waals surface area contributed by atoms with Crippen molar-refractivity contribution in [1.29, 1.82) is 0 Å². The number of hydrogen-bond acceptors (Lipinski definition) is 15. The Morgan fingerprint density at radius 2 is 0.455 bits per heavy atom. The number of carbonyl (C=O) groups excluding carboxylic acids is 4. The lowest BCUT2D eigenvalue weighted by molar-refractivity contribution is -0.161. The van der Waals surface area contributed by atoms with Crippen LogP contribution in [-0.2, 0) is 65.4 Å². The second-order valence-electron chi connectivity index (χ2n) is 30.5. The molecule has 0 amide bonds. The fraction of sp³-hybridized carbons (Fsp3) is 0.951. The zero-order valence-electron chi connectivity index (χ0n) is 66.2. The molecule has 101 heavy (non-hydrogen) atoms. The Kier molecular flexibility index (Phi) is 72.2. The van der Waals surface area contributed by atoms with Gasteiger partial charge in [-0.25, -0.2) is 9.13 Å². The Bertz CT molecular complexity index is 1940. The Labute approximate surface area is 619 Å². The molecular weight excluding hydrogens is 1320 g/mol. The first-order chi connectivity index (χ1) is 48.9. The molecule has 17 nitrogen and oxygen atoms in total. The largest absolute Gasteiger partial charge is 0.472 e. The van der Waals surface area contributed by atoms with Gasteiger partial charge in [-0.05, 0) is 37.5 Å². The Hall–Kier alpha value is -1.94. The monoisotopic (exact) mass is 1480 g/mol. The van der Waals surface area contributed by atoms with Crippen molar-refractivity contribution >= 4 is 39.5 Å². The van der Waals surface area contributed by atoms with E-state index in [1.165, 1.54) is 244 Å². The topological polar surface area (TPSA) is 237 Å². The minimum absolute atomic E-state index is 0.106. The van der Waals surface area contributed by atoms with Gasteiger partial charge in [0.25, 0.3) is 0 Å². The Morgan fingerprint density at radius 1 is 0.267 bits per heavy atom. The van der Waals surface area contributed by atoms with E-state index in [-0.39, 0.29) is 25.7 Å². The van der Waals surface area contributed by atoms with E-state index >= 15 is 0 Å². The van der Waals surface area contributed by atoms with Crippen molar-refractivity contribution in [2.45, 2.75) is 452 Å². The molecule has 0 aromatic carbocycles. The molecule has 0 saturated heterocycles. The van der Waals surface area contributed by atoms with Crippen LogP contribution in [0.2, 0.25) is 0 Å². The number of rotatable bonds is 81. The average Bonchev–Trinajstić information content (AvgIpc) is 0.959. The normalized spacial score (nSPS) is 13.9. The van der Waals surface area contributed by atoms with E-state index in [9.17, 15) is 43.2 Å². The van der Waals surface area contributed by atoms with Crippen LogP contribution in [0.15, 0.2) is 0 Å². The highest BCUT2D eigenvalue weighted by Gasteiger charge is 2.30. The summed E-state index contributed by atoms with van der Waals surface area (Å²) in [6.45, 7) is 9.59. The first-order valence-electron chi connectivity index (χ1n) is 42.5. The number of hydrogen-bond donors (Lipinski definition) is 3. The highest BCUT2D eigenvalue weighted by Crippen LogP contribution is 2.45. The van der Waals surface area contributed by atoms with E-state index in [1.807, 2.05) is 0 Å². The van der Waals surface area contributed by atoms with Crippen molar-refractivity contribution in [3.63, 3.8) is 0 Å². The van der Waals surface area contributed by atoms with E-state index < -0.39 is 97.5 Å². The molecule has 0 heterocycles. The fourth-order valence-corrected chi connectivity index (χ4v) is 14.3. The number of phosphoric ester groups is 2. The number of phosphoric acid groups is 2. The maximum Gasteiger partial charge on any atom is 0.472 e. The zero-order valence-corrected chi connectivity index (χ0v) is 68.0. The number of aliphatic hydroxyl groups is 1. The molecule has 600 valence electrons. The lowest BCUT2D eigenvalue weighted by Gasteiger charge is -2.21. The Morgan fingerprint density at radius 3 is 0.673 bits per heavy atom. The molecule has 0 radical (unpaired) electrons. The summed E-state index contributed by atoms with van der Waals surface area (Å²) < 4.78 is 68.7. The third-order valence-electron chi connectivity index (χ3n) is 19.2. The summed E-state index contributed by atoms with van der Waals surface area (Å²) in [7, 11) is -9.92. The molecule has 5 atom stereocenters. The molecule has 0 aliphatic rings. The van der Waals surface area contributed by atoms with Gasteiger partial charge < -0.3 is 33.8 Å². The summed E-state index contributed by atoms with van der Waals surface area (Å²) >= 11 is 0. The number of esters is 4. The number of unbranched alkanes of at least 4 members (excludes halogenated alkanes) is 51. The predicted octanol–water partition coefficient (Wildman–Crippen LogP) is 24.7. The van der Waals surface area contributed by atoms with Gasteiger partial charge in [-0.15, -0.1) is 0 Å². The van der Waals surface area contributed by atoms with Gasteiger partial charge in [0, 0.05) is 25.7 Å². The summed E-state index contributed by atoms with van der Waals surface area (Å²) in [4.78, 5) is 73.0. The van der Waals surface area contributed by atoms with Crippen LogP contribution in [0.3, 0.4) is 0 Å². The van der Waals surface area contributed by atoms with Gasteiger partial charge in [0.15, 0.2) is 12.2 Å². The minimum Gasteiger partial charge on any atom is -0.462 e. The summed E-state index contributed by atoms with van der Waals surface area (Å²) in [5.74, 6) is -0.638. The zero-order chi connectivity index (χ0) is 74.2. The van der Waals surface area contributed by atoms with Gasteiger partial charge in [0.2, 0.25) is 0 Å². The first kappa shape index (κ1) is 99.1.